The fourth-order valence-electron chi connectivity index (χ4n) is 1.27. The molecule has 1 aromatic carbocycles. The van der Waals surface area contributed by atoms with E-state index in [1.165, 1.54) is 0 Å². The lowest BCUT2D eigenvalue weighted by Crippen LogP contribution is -2.12. The van der Waals surface area contributed by atoms with Crippen LogP contribution in [0.2, 0.25) is 0 Å². The molecule has 0 saturated heterocycles. The fraction of sp³-hybridized carbons (Fsp3) is 0.364. The number of nitrogens with one attached hydrogen (secondary N) is 1. The van der Waals surface area contributed by atoms with Crippen molar-refractivity contribution in [2.24, 2.45) is 0 Å². The van der Waals surface area contributed by atoms with Crippen molar-refractivity contribution in [2.45, 2.75) is 13.5 Å². The minimum absolute atomic E-state index is 0.252. The molecule has 1 aromatic rings. The molecule has 0 unspecified atom stereocenters. The molecule has 0 aliphatic heterocycles. The van der Waals surface area contributed by atoms with Gasteiger partial charge in [-0.05, 0) is 25.6 Å². The Bertz CT molecular complexity index is 310. The van der Waals surface area contributed by atoms with Gasteiger partial charge in [0, 0.05) is 6.54 Å². The maximum Gasteiger partial charge on any atom is 0.338 e. The molecule has 0 heterocycles. The van der Waals surface area contributed by atoms with Crippen LogP contribution in [0.15, 0.2) is 24.3 Å². The molecule has 0 spiro atoms. The minimum Gasteiger partial charge on any atom is -0.462 e. The second-order valence-corrected chi connectivity index (χ2v) is 2.91. The maximum absolute atomic E-state index is 11.5. The van der Waals surface area contributed by atoms with E-state index < -0.39 is 0 Å². The molecule has 0 radical (unpaired) electrons. The van der Waals surface area contributed by atoms with Crippen LogP contribution in [0, 0.1) is 0 Å². The van der Waals surface area contributed by atoms with Crippen molar-refractivity contribution in [3.8, 4) is 0 Å². The van der Waals surface area contributed by atoms with Gasteiger partial charge in [-0.3, -0.25) is 0 Å². The molecule has 0 aliphatic rings. The number of hydrogen-bond donors (Lipinski definition) is 1. The van der Waals surface area contributed by atoms with Gasteiger partial charge in [-0.25, -0.2) is 4.79 Å². The van der Waals surface area contributed by atoms with Crippen molar-refractivity contribution in [1.29, 1.82) is 0 Å². The van der Waals surface area contributed by atoms with Gasteiger partial charge in [0.25, 0.3) is 0 Å². The van der Waals surface area contributed by atoms with Crippen LogP contribution in [-0.4, -0.2) is 19.6 Å². The van der Waals surface area contributed by atoms with E-state index in [4.69, 9.17) is 4.74 Å². The van der Waals surface area contributed by atoms with Crippen molar-refractivity contribution in [1.82, 2.24) is 5.32 Å². The zero-order chi connectivity index (χ0) is 10.4. The Labute approximate surface area is 84.1 Å². The van der Waals surface area contributed by atoms with E-state index in [1.54, 1.807) is 13.0 Å². The second-order valence-electron chi connectivity index (χ2n) is 2.91. The Morgan fingerprint density at radius 1 is 1.43 bits per heavy atom. The van der Waals surface area contributed by atoms with Gasteiger partial charge in [0.15, 0.2) is 0 Å². The van der Waals surface area contributed by atoms with Gasteiger partial charge in [0.1, 0.15) is 0 Å². The first-order valence-corrected chi connectivity index (χ1v) is 4.69. The molecule has 3 nitrogen and oxygen atoms in total. The molecule has 0 bridgehead atoms. The summed E-state index contributed by atoms with van der Waals surface area (Å²) in [6.07, 6.45) is 0. The molecule has 0 fully saturated rings. The van der Waals surface area contributed by atoms with E-state index in [-0.39, 0.29) is 5.97 Å². The summed E-state index contributed by atoms with van der Waals surface area (Å²) in [5, 5.41) is 3.01. The highest BCUT2D eigenvalue weighted by Gasteiger charge is 2.10. The molecular formula is C11H15NO2. The molecule has 14 heavy (non-hydrogen) atoms. The lowest BCUT2D eigenvalue weighted by molar-refractivity contribution is 0.0525. The molecule has 1 rings (SSSR count). The number of hydrogen-bond acceptors (Lipinski definition) is 3. The Hall–Kier alpha value is -1.35. The summed E-state index contributed by atoms with van der Waals surface area (Å²) in [4.78, 5) is 11.5. The summed E-state index contributed by atoms with van der Waals surface area (Å²) in [7, 11) is 1.85. The molecule has 1 N–H and O–H groups in total. The normalized spacial score (nSPS) is 9.86. The van der Waals surface area contributed by atoms with Crippen LogP contribution >= 0.6 is 0 Å². The van der Waals surface area contributed by atoms with Crippen LogP contribution in [-0.2, 0) is 11.3 Å². The largest absolute Gasteiger partial charge is 0.462 e. The molecule has 76 valence electrons. The molecule has 0 saturated carbocycles. The van der Waals surface area contributed by atoms with Crippen LogP contribution in [0.25, 0.3) is 0 Å². The highest BCUT2D eigenvalue weighted by molar-refractivity contribution is 5.91. The summed E-state index contributed by atoms with van der Waals surface area (Å²) >= 11 is 0. The van der Waals surface area contributed by atoms with Crippen molar-refractivity contribution in [3.05, 3.63) is 35.4 Å². The van der Waals surface area contributed by atoms with Gasteiger partial charge < -0.3 is 10.1 Å². The van der Waals surface area contributed by atoms with Crippen LogP contribution in [0.4, 0.5) is 0 Å². The lowest BCUT2D eigenvalue weighted by Gasteiger charge is -2.07. The zero-order valence-electron chi connectivity index (χ0n) is 8.54. The average molecular weight is 193 g/mol. The van der Waals surface area contributed by atoms with E-state index >= 15 is 0 Å². The van der Waals surface area contributed by atoms with Crippen molar-refractivity contribution < 1.29 is 9.53 Å². The maximum atomic E-state index is 11.5. The molecule has 0 atom stereocenters. The fourth-order valence-corrected chi connectivity index (χ4v) is 1.27. The number of rotatable bonds is 4. The summed E-state index contributed by atoms with van der Waals surface area (Å²) < 4.78 is 4.95. The van der Waals surface area contributed by atoms with Crippen LogP contribution in [0.1, 0.15) is 22.8 Å². The van der Waals surface area contributed by atoms with Crippen molar-refractivity contribution in [3.63, 3.8) is 0 Å². The lowest BCUT2D eigenvalue weighted by atomic mass is 10.1. The monoisotopic (exact) mass is 193 g/mol. The third kappa shape index (κ3) is 2.57. The smallest absolute Gasteiger partial charge is 0.338 e. The number of carbonyl (C=O) groups excluding carboxylic acids is 1. The number of benzene rings is 1. The Kier molecular flexibility index (Phi) is 4.13. The quantitative estimate of drug-likeness (QED) is 0.738. The number of esters is 1. The summed E-state index contributed by atoms with van der Waals surface area (Å²) in [6.45, 7) is 2.89. The zero-order valence-corrected chi connectivity index (χ0v) is 8.54. The Balaban J connectivity index is 2.88. The predicted octanol–water partition coefficient (Wildman–Crippen LogP) is 1.58. The molecule has 3 heteroatoms. The summed E-state index contributed by atoms with van der Waals surface area (Å²) in [6, 6.07) is 7.45. The topological polar surface area (TPSA) is 38.3 Å². The standard InChI is InChI=1S/C11H15NO2/c1-3-14-11(13)10-7-5-4-6-9(10)8-12-2/h4-7,12H,3,8H2,1-2H3. The highest BCUT2D eigenvalue weighted by atomic mass is 16.5. The first kappa shape index (κ1) is 10.7. The molecular weight excluding hydrogens is 178 g/mol. The average Bonchev–Trinajstić information content (AvgIpc) is 2.19. The van der Waals surface area contributed by atoms with Gasteiger partial charge in [0.05, 0.1) is 12.2 Å². The van der Waals surface area contributed by atoms with E-state index in [2.05, 4.69) is 5.32 Å². The van der Waals surface area contributed by atoms with Crippen molar-refractivity contribution in [2.75, 3.05) is 13.7 Å². The van der Waals surface area contributed by atoms with E-state index in [0.29, 0.717) is 18.7 Å². The van der Waals surface area contributed by atoms with Gasteiger partial charge in [-0.1, -0.05) is 18.2 Å². The number of carbonyl (C=O) groups is 1. The van der Waals surface area contributed by atoms with Crippen LogP contribution in [0.5, 0.6) is 0 Å². The van der Waals surface area contributed by atoms with Crippen molar-refractivity contribution >= 4 is 5.97 Å². The molecule has 0 aromatic heterocycles. The van der Waals surface area contributed by atoms with Gasteiger partial charge in [-0.15, -0.1) is 0 Å². The first-order valence-electron chi connectivity index (χ1n) is 4.69. The van der Waals surface area contributed by atoms with Crippen LogP contribution < -0.4 is 5.32 Å². The Morgan fingerprint density at radius 3 is 2.79 bits per heavy atom. The SMILES string of the molecule is CCOC(=O)c1ccccc1CNC. The third-order valence-electron chi connectivity index (χ3n) is 1.88. The van der Waals surface area contributed by atoms with E-state index in [0.717, 1.165) is 5.56 Å². The first-order chi connectivity index (χ1) is 6.79. The highest BCUT2D eigenvalue weighted by Crippen LogP contribution is 2.09. The summed E-state index contributed by atoms with van der Waals surface area (Å²) in [5.41, 5.74) is 1.61. The summed E-state index contributed by atoms with van der Waals surface area (Å²) in [5.74, 6) is -0.252. The van der Waals surface area contributed by atoms with Gasteiger partial charge in [-0.2, -0.15) is 0 Å². The predicted molar refractivity (Wildman–Crippen MR) is 55.2 cm³/mol. The van der Waals surface area contributed by atoms with E-state index in [9.17, 15) is 4.79 Å². The van der Waals surface area contributed by atoms with E-state index in [1.807, 2.05) is 25.2 Å². The molecule has 0 amide bonds. The number of ether oxygens (including phenoxy) is 1. The minimum atomic E-state index is -0.252. The van der Waals surface area contributed by atoms with Crippen LogP contribution in [0.3, 0.4) is 0 Å². The third-order valence-corrected chi connectivity index (χ3v) is 1.88. The van der Waals surface area contributed by atoms with Gasteiger partial charge in [0.2, 0.25) is 0 Å². The van der Waals surface area contributed by atoms with Gasteiger partial charge >= 0.3 is 5.97 Å². The Morgan fingerprint density at radius 2 is 2.14 bits per heavy atom. The second kappa shape index (κ2) is 5.40. The molecule has 0 aliphatic carbocycles.